The number of halogens is 3. The smallest absolute Gasteiger partial charge is 0.301 e. The molecular formula is C58H68F3N11O7S2. The number of piperidine rings is 1. The third-order valence-corrected chi connectivity index (χ3v) is 18.5. The average Bonchev–Trinajstić information content (AvgIpc) is 4.31. The molecule has 0 spiro atoms. The van der Waals surface area contributed by atoms with Crippen molar-refractivity contribution < 1.29 is 45.9 Å². The van der Waals surface area contributed by atoms with Crippen LogP contribution in [0, 0.1) is 24.0 Å². The Morgan fingerprint density at radius 2 is 1.56 bits per heavy atom. The van der Waals surface area contributed by atoms with E-state index in [0.717, 1.165) is 94.8 Å². The number of hydrogen-bond acceptors (Lipinski definition) is 13. The number of aryl methyl sites for hydroxylation is 1. The van der Waals surface area contributed by atoms with Crippen LogP contribution >= 0.6 is 11.3 Å². The number of aromatic amines is 1. The second-order valence-corrected chi connectivity index (χ2v) is 25.3. The van der Waals surface area contributed by atoms with Crippen LogP contribution in [0.25, 0.3) is 32.6 Å². The summed E-state index contributed by atoms with van der Waals surface area (Å²) in [6.45, 7) is 13.1. The summed E-state index contributed by atoms with van der Waals surface area (Å²) in [5.41, 5.74) is 5.31. The first-order chi connectivity index (χ1) is 38.7. The van der Waals surface area contributed by atoms with Crippen molar-refractivity contribution in [1.82, 2.24) is 49.5 Å². The van der Waals surface area contributed by atoms with E-state index in [1.54, 1.807) is 23.6 Å². The summed E-state index contributed by atoms with van der Waals surface area (Å²) in [6.07, 6.45) is 2.81. The van der Waals surface area contributed by atoms with E-state index in [0.29, 0.717) is 35.7 Å². The van der Waals surface area contributed by atoms with Gasteiger partial charge >= 0.3 is 10.2 Å². The number of nitrogens with zero attached hydrogens (tertiary/aromatic N) is 7. The number of likely N-dealkylation sites (tertiary alicyclic amines) is 2. The highest BCUT2D eigenvalue weighted by Gasteiger charge is 2.45. The van der Waals surface area contributed by atoms with Gasteiger partial charge in [0.05, 0.1) is 40.0 Å². The number of alkyl halides is 1. The highest BCUT2D eigenvalue weighted by molar-refractivity contribution is 7.90. The Morgan fingerprint density at radius 1 is 0.852 bits per heavy atom. The number of hydrogen-bond donors (Lipinski definition) is 5. The Balaban J connectivity index is 0.678. The Kier molecular flexibility index (Phi) is 17.1. The fourth-order valence-electron chi connectivity index (χ4n) is 11.4. The number of pyridine rings is 1. The number of fused-ring (bicyclic) bond motifs is 1. The Bertz CT molecular complexity index is 3400. The number of H-pyrrole nitrogens is 1. The SMILES string of the molecule is Cc1ncsc1-c1ccc(CNC(=O)[C@@H]2C[C@@H](O)CN2C(=O)[C@@H](NC(=O)CN2CCN(C3CCN(Cc4ccc(-c5cnc6[nH]cc(C(=O)c7c(F)ccc(NS(=O)(=O)N8CC[C@@H](F)C8)c7F)c6c5)cc4)CC3)CC2)C(C)(C)C)cc1. The average molecular weight is 1150 g/mol. The van der Waals surface area contributed by atoms with Gasteiger partial charge in [0, 0.05) is 100 Å². The van der Waals surface area contributed by atoms with Crippen LogP contribution in [-0.2, 0) is 37.7 Å². The van der Waals surface area contributed by atoms with E-state index in [1.165, 1.54) is 11.1 Å². The van der Waals surface area contributed by atoms with Gasteiger partial charge in [-0.3, -0.25) is 38.6 Å². The second kappa shape index (κ2) is 24.1. The lowest BCUT2D eigenvalue weighted by Crippen LogP contribution is -2.59. The van der Waals surface area contributed by atoms with Crippen molar-refractivity contribution in [2.75, 3.05) is 70.2 Å². The monoisotopic (exact) mass is 1150 g/mol. The van der Waals surface area contributed by atoms with Gasteiger partial charge in [0.25, 0.3) is 0 Å². The summed E-state index contributed by atoms with van der Waals surface area (Å²) in [5, 5.41) is 17.0. The zero-order valence-electron chi connectivity index (χ0n) is 45.8. The predicted octanol–water partition coefficient (Wildman–Crippen LogP) is 6.26. The molecule has 4 aliphatic heterocycles. The minimum atomic E-state index is -4.37. The number of carbonyl (C=O) groups is 4. The van der Waals surface area contributed by atoms with Gasteiger partial charge in [-0.1, -0.05) is 69.3 Å². The van der Waals surface area contributed by atoms with Gasteiger partial charge in [0.1, 0.15) is 29.7 Å². The zero-order chi connectivity index (χ0) is 57.3. The number of anilines is 1. The molecule has 3 aromatic heterocycles. The number of aliphatic hydroxyl groups excluding tert-OH is 1. The molecule has 4 saturated heterocycles. The fourth-order valence-corrected chi connectivity index (χ4v) is 13.5. The number of aliphatic hydroxyl groups is 1. The van der Waals surface area contributed by atoms with Crippen LogP contribution in [-0.4, -0.2) is 172 Å². The Labute approximate surface area is 473 Å². The molecule has 4 fully saturated rings. The molecule has 3 aromatic carbocycles. The molecule has 0 unspecified atom stereocenters. The predicted molar refractivity (Wildman–Crippen MR) is 303 cm³/mol. The maximum absolute atomic E-state index is 15.8. The second-order valence-electron chi connectivity index (χ2n) is 22.7. The van der Waals surface area contributed by atoms with Gasteiger partial charge in [-0.25, -0.2) is 23.1 Å². The van der Waals surface area contributed by atoms with Crippen molar-refractivity contribution in [3.05, 3.63) is 124 Å². The van der Waals surface area contributed by atoms with E-state index >= 15 is 8.78 Å². The molecule has 0 saturated carbocycles. The van der Waals surface area contributed by atoms with Crippen LogP contribution in [0.1, 0.15) is 79.2 Å². The van der Waals surface area contributed by atoms with E-state index in [9.17, 15) is 37.1 Å². The molecule has 18 nitrogen and oxygen atoms in total. The minimum absolute atomic E-state index is 0.00185. The van der Waals surface area contributed by atoms with E-state index in [2.05, 4.69) is 40.3 Å². The van der Waals surface area contributed by atoms with Crippen LogP contribution in [0.2, 0.25) is 0 Å². The van der Waals surface area contributed by atoms with Gasteiger partial charge in [0.2, 0.25) is 23.5 Å². The number of piperazine rings is 1. The highest BCUT2D eigenvalue weighted by Crippen LogP contribution is 2.33. The molecule has 430 valence electrons. The molecule has 5 N–H and O–H groups in total. The van der Waals surface area contributed by atoms with E-state index in [4.69, 9.17) is 0 Å². The van der Waals surface area contributed by atoms with Gasteiger partial charge in [-0.15, -0.1) is 11.3 Å². The summed E-state index contributed by atoms with van der Waals surface area (Å²) in [4.78, 5) is 76.6. The lowest BCUT2D eigenvalue weighted by atomic mass is 9.85. The quantitative estimate of drug-likeness (QED) is 0.0640. The first-order valence-corrected chi connectivity index (χ1v) is 29.8. The number of rotatable bonds is 17. The van der Waals surface area contributed by atoms with Crippen molar-refractivity contribution in [3.63, 3.8) is 0 Å². The molecule has 10 rings (SSSR count). The summed E-state index contributed by atoms with van der Waals surface area (Å²) in [5.74, 6) is -4.60. The normalized spacial score (nSPS) is 20.4. The molecule has 3 amide bonds. The van der Waals surface area contributed by atoms with Crippen molar-refractivity contribution >= 4 is 61.8 Å². The molecule has 0 aliphatic carbocycles. The summed E-state index contributed by atoms with van der Waals surface area (Å²) < 4.78 is 73.4. The van der Waals surface area contributed by atoms with Gasteiger partial charge in [-0.2, -0.15) is 12.7 Å². The number of ketones is 1. The molecule has 0 bridgehead atoms. The highest BCUT2D eigenvalue weighted by atomic mass is 32.2. The zero-order valence-corrected chi connectivity index (χ0v) is 47.4. The van der Waals surface area contributed by atoms with Crippen molar-refractivity contribution in [3.8, 4) is 21.6 Å². The largest absolute Gasteiger partial charge is 0.391 e. The standard InChI is InChI=1S/C58H68F3N11O7S2/c1-35-53(80-34-65-35)39-11-5-36(6-12-39)27-64-56(76)48-26-43(73)32-72(48)57(77)54(58(2,3)4)66-49(74)33-69-21-23-70(24-22-69)42-16-18-68(19-17-42)30-37-7-9-38(10-8-37)40-25-44-45(29-63-55(44)62-28-40)52(75)50-46(60)13-14-47(51(50)61)67-81(78,79)71-20-15-41(59)31-71/h5-14,25,28-29,34,41-43,48,54,67,73H,15-24,26-27,30-33H2,1-4H3,(H,62,63)(H,64,76)(H,66,74)/t41-,43-,48+,54-/m1/s1. The molecular weight excluding hydrogens is 1080 g/mol. The molecule has 23 heteroatoms. The van der Waals surface area contributed by atoms with Gasteiger partial charge < -0.3 is 25.6 Å². The fraction of sp³-hybridized carbons (Fsp3) is 0.448. The van der Waals surface area contributed by atoms with Gasteiger partial charge in [0.15, 0.2) is 5.82 Å². The van der Waals surface area contributed by atoms with Crippen molar-refractivity contribution in [2.45, 2.75) is 96.9 Å². The summed E-state index contributed by atoms with van der Waals surface area (Å²) in [6, 6.07) is 17.9. The summed E-state index contributed by atoms with van der Waals surface area (Å²) >= 11 is 1.57. The topological polar surface area (TPSA) is 217 Å². The Morgan fingerprint density at radius 3 is 2.22 bits per heavy atom. The molecule has 7 heterocycles. The van der Waals surface area contributed by atoms with Crippen LogP contribution < -0.4 is 15.4 Å². The maximum Gasteiger partial charge on any atom is 0.301 e. The minimum Gasteiger partial charge on any atom is -0.391 e. The lowest BCUT2D eigenvalue weighted by molar-refractivity contribution is -0.144. The van der Waals surface area contributed by atoms with E-state index in [1.807, 2.05) is 86.5 Å². The maximum atomic E-state index is 15.8. The third kappa shape index (κ3) is 13.0. The van der Waals surface area contributed by atoms with E-state index < -0.39 is 81.1 Å². The lowest BCUT2D eigenvalue weighted by Gasteiger charge is -2.43. The van der Waals surface area contributed by atoms with Crippen LogP contribution in [0.4, 0.5) is 18.9 Å². The molecule has 0 radical (unpaired) electrons. The number of amides is 3. The summed E-state index contributed by atoms with van der Waals surface area (Å²) in [7, 11) is -4.37. The van der Waals surface area contributed by atoms with Gasteiger partial charge in [-0.05, 0) is 85.1 Å². The van der Waals surface area contributed by atoms with Crippen molar-refractivity contribution in [1.29, 1.82) is 0 Å². The van der Waals surface area contributed by atoms with Crippen LogP contribution in [0.3, 0.4) is 0 Å². The third-order valence-electron chi connectivity index (χ3n) is 16.0. The first-order valence-electron chi connectivity index (χ1n) is 27.4. The number of β-amino-alcohol motifs (C(OH)–C–C–N with tert-alkyl or cyclic N) is 1. The number of nitrogens with one attached hydrogen (secondary N) is 4. The number of benzene rings is 3. The first kappa shape index (κ1) is 57.6. The Hall–Kier alpha value is -6.60. The van der Waals surface area contributed by atoms with Crippen LogP contribution in [0.15, 0.2) is 84.6 Å². The van der Waals surface area contributed by atoms with E-state index in [-0.39, 0.29) is 56.4 Å². The molecule has 4 aliphatic rings. The molecule has 81 heavy (non-hydrogen) atoms. The number of carbonyl (C=O) groups excluding carboxylic acids is 4. The number of thiazole rings is 1. The molecule has 4 atom stereocenters. The van der Waals surface area contributed by atoms with Crippen molar-refractivity contribution in [2.24, 2.45) is 5.41 Å². The van der Waals surface area contributed by atoms with Crippen LogP contribution in [0.5, 0.6) is 0 Å². The number of aromatic nitrogens is 3. The molecule has 6 aromatic rings.